The van der Waals surface area contributed by atoms with Crippen LogP contribution >= 0.6 is 0 Å². The number of primary amides is 1. The Labute approximate surface area is 170 Å². The van der Waals surface area contributed by atoms with Crippen LogP contribution in [0.2, 0.25) is 0 Å². The molecule has 9 heteroatoms. The fourth-order valence-corrected chi connectivity index (χ4v) is 3.78. The number of carbonyl (C=O) groups excluding carboxylic acids is 1. The molecular formula is C21H20F2N4O3. The number of hydrogen-bond donors (Lipinski definition) is 1. The number of anilines is 1. The summed E-state index contributed by atoms with van der Waals surface area (Å²) < 4.78 is 34.0. The van der Waals surface area contributed by atoms with Crippen LogP contribution < -0.4 is 16.2 Å². The third kappa shape index (κ3) is 3.83. The highest BCUT2D eigenvalue weighted by atomic mass is 19.1. The maximum absolute atomic E-state index is 14.4. The number of carbonyl (C=O) groups is 1. The number of benzene rings is 2. The van der Waals surface area contributed by atoms with E-state index in [1.165, 1.54) is 6.07 Å². The van der Waals surface area contributed by atoms with E-state index in [-0.39, 0.29) is 5.69 Å². The molecule has 2 aromatic carbocycles. The second-order valence-corrected chi connectivity index (χ2v) is 7.18. The lowest BCUT2D eigenvalue weighted by Gasteiger charge is -2.26. The van der Waals surface area contributed by atoms with Crippen molar-refractivity contribution in [1.29, 1.82) is 0 Å². The predicted molar refractivity (Wildman–Crippen MR) is 108 cm³/mol. The van der Waals surface area contributed by atoms with Crippen molar-refractivity contribution in [2.75, 3.05) is 18.0 Å². The van der Waals surface area contributed by atoms with E-state index in [1.807, 2.05) is 4.90 Å². The Hall–Kier alpha value is -3.49. The number of amides is 1. The number of rotatable bonds is 3. The maximum Gasteiger partial charge on any atom is 0.404 e. The molecule has 0 radical (unpaired) electrons. The van der Waals surface area contributed by atoms with Gasteiger partial charge in [-0.05, 0) is 37.5 Å². The SMILES string of the molecule is NC(=O)O[C@H]1CCCCN(c2nn(-c3ccc(F)cc3F)c(=O)c3ccccc23)C1. The summed E-state index contributed by atoms with van der Waals surface area (Å²) in [5.74, 6) is -1.19. The third-order valence-corrected chi connectivity index (χ3v) is 5.13. The monoisotopic (exact) mass is 414 g/mol. The van der Waals surface area contributed by atoms with E-state index in [4.69, 9.17) is 10.5 Å². The molecule has 3 aromatic rings. The average molecular weight is 414 g/mol. The second-order valence-electron chi connectivity index (χ2n) is 7.18. The lowest BCUT2D eigenvalue weighted by Crippen LogP contribution is -2.37. The van der Waals surface area contributed by atoms with Crippen LogP contribution in [0.1, 0.15) is 19.3 Å². The molecule has 0 saturated carbocycles. The lowest BCUT2D eigenvalue weighted by atomic mass is 10.1. The molecule has 7 nitrogen and oxygen atoms in total. The number of hydrogen-bond acceptors (Lipinski definition) is 5. The van der Waals surface area contributed by atoms with Gasteiger partial charge >= 0.3 is 6.09 Å². The zero-order valence-corrected chi connectivity index (χ0v) is 16.1. The summed E-state index contributed by atoms with van der Waals surface area (Å²) in [6.45, 7) is 0.948. The smallest absolute Gasteiger partial charge is 0.404 e. The van der Waals surface area contributed by atoms with Gasteiger partial charge in [0.1, 0.15) is 17.6 Å². The highest BCUT2D eigenvalue weighted by Gasteiger charge is 2.25. The first kappa shape index (κ1) is 19.8. The molecule has 2 heterocycles. The van der Waals surface area contributed by atoms with Crippen LogP contribution in [0.5, 0.6) is 0 Å². The van der Waals surface area contributed by atoms with Gasteiger partial charge in [0, 0.05) is 18.0 Å². The van der Waals surface area contributed by atoms with Gasteiger partial charge in [-0.1, -0.05) is 18.2 Å². The first-order valence-corrected chi connectivity index (χ1v) is 9.62. The maximum atomic E-state index is 14.4. The van der Waals surface area contributed by atoms with Gasteiger partial charge in [-0.2, -0.15) is 4.68 Å². The van der Waals surface area contributed by atoms with Crippen LogP contribution in [-0.4, -0.2) is 35.1 Å². The van der Waals surface area contributed by atoms with Crippen molar-refractivity contribution >= 4 is 22.7 Å². The van der Waals surface area contributed by atoms with Crippen LogP contribution in [0.15, 0.2) is 47.3 Å². The van der Waals surface area contributed by atoms with Crippen LogP contribution in [0.4, 0.5) is 19.4 Å². The molecule has 0 unspecified atom stereocenters. The summed E-state index contributed by atoms with van der Waals surface area (Å²) in [4.78, 5) is 26.1. The summed E-state index contributed by atoms with van der Waals surface area (Å²) in [7, 11) is 0. The number of nitrogens with zero attached hydrogens (tertiary/aromatic N) is 3. The minimum absolute atomic E-state index is 0.145. The molecule has 0 bridgehead atoms. The molecule has 30 heavy (non-hydrogen) atoms. The van der Waals surface area contributed by atoms with Crippen molar-refractivity contribution in [3.8, 4) is 5.69 Å². The van der Waals surface area contributed by atoms with Gasteiger partial charge < -0.3 is 15.4 Å². The van der Waals surface area contributed by atoms with Crippen LogP contribution in [0, 0.1) is 11.6 Å². The average Bonchev–Trinajstić information content (AvgIpc) is 2.94. The Morgan fingerprint density at radius 2 is 1.90 bits per heavy atom. The quantitative estimate of drug-likeness (QED) is 0.711. The molecular weight excluding hydrogens is 394 g/mol. The number of aromatic nitrogens is 2. The normalized spacial score (nSPS) is 17.0. The summed E-state index contributed by atoms with van der Waals surface area (Å²) >= 11 is 0. The van der Waals surface area contributed by atoms with E-state index < -0.39 is 29.4 Å². The largest absolute Gasteiger partial charge is 0.445 e. The van der Waals surface area contributed by atoms with Gasteiger partial charge in [-0.15, -0.1) is 5.10 Å². The molecule has 156 valence electrons. The number of ether oxygens (including phenoxy) is 1. The van der Waals surface area contributed by atoms with Crippen molar-refractivity contribution in [3.63, 3.8) is 0 Å². The first-order valence-electron chi connectivity index (χ1n) is 9.62. The highest BCUT2D eigenvalue weighted by Crippen LogP contribution is 2.26. The zero-order chi connectivity index (χ0) is 21.3. The minimum Gasteiger partial charge on any atom is -0.445 e. The Morgan fingerprint density at radius 3 is 2.63 bits per heavy atom. The Morgan fingerprint density at radius 1 is 1.13 bits per heavy atom. The first-order chi connectivity index (χ1) is 14.4. The zero-order valence-electron chi connectivity index (χ0n) is 16.1. The van der Waals surface area contributed by atoms with Crippen molar-refractivity contribution in [2.24, 2.45) is 5.73 Å². The van der Waals surface area contributed by atoms with E-state index in [1.54, 1.807) is 24.3 Å². The molecule has 1 amide bonds. The Bertz CT molecular complexity index is 1160. The number of halogens is 2. The summed E-state index contributed by atoms with van der Waals surface area (Å²) in [5, 5.41) is 5.38. The van der Waals surface area contributed by atoms with E-state index in [0.717, 1.165) is 23.6 Å². The molecule has 1 atom stereocenters. The van der Waals surface area contributed by atoms with E-state index in [9.17, 15) is 18.4 Å². The van der Waals surface area contributed by atoms with Crippen molar-refractivity contribution < 1.29 is 18.3 Å². The molecule has 2 N–H and O–H groups in total. The van der Waals surface area contributed by atoms with Gasteiger partial charge in [0.15, 0.2) is 11.6 Å². The fourth-order valence-electron chi connectivity index (χ4n) is 3.78. The molecule has 1 saturated heterocycles. The highest BCUT2D eigenvalue weighted by molar-refractivity contribution is 5.91. The topological polar surface area (TPSA) is 90.5 Å². The van der Waals surface area contributed by atoms with Crippen LogP contribution in [0.25, 0.3) is 16.5 Å². The van der Waals surface area contributed by atoms with E-state index in [0.29, 0.717) is 42.2 Å². The summed E-state index contributed by atoms with van der Waals surface area (Å²) in [6, 6.07) is 9.85. The number of fused-ring (bicyclic) bond motifs is 1. The number of nitrogens with two attached hydrogens (primary N) is 1. The Balaban J connectivity index is 1.88. The fraction of sp³-hybridized carbons (Fsp3) is 0.286. The third-order valence-electron chi connectivity index (χ3n) is 5.13. The van der Waals surface area contributed by atoms with Gasteiger partial charge in [0.05, 0.1) is 11.9 Å². The second kappa shape index (κ2) is 8.10. The summed E-state index contributed by atoms with van der Waals surface area (Å²) in [5.41, 5.74) is 4.53. The van der Waals surface area contributed by atoms with Crippen molar-refractivity contribution in [2.45, 2.75) is 25.4 Å². The summed E-state index contributed by atoms with van der Waals surface area (Å²) in [6.07, 6.45) is 1.03. The molecule has 1 aromatic heterocycles. The van der Waals surface area contributed by atoms with E-state index in [2.05, 4.69) is 5.10 Å². The molecule has 1 aliphatic heterocycles. The van der Waals surface area contributed by atoms with Gasteiger partial charge in [0.2, 0.25) is 0 Å². The van der Waals surface area contributed by atoms with Crippen molar-refractivity contribution in [3.05, 3.63) is 64.5 Å². The van der Waals surface area contributed by atoms with Crippen LogP contribution in [-0.2, 0) is 4.74 Å². The molecule has 1 fully saturated rings. The van der Waals surface area contributed by atoms with E-state index >= 15 is 0 Å². The van der Waals surface area contributed by atoms with Gasteiger partial charge in [-0.25, -0.2) is 13.6 Å². The minimum atomic E-state index is -0.892. The lowest BCUT2D eigenvalue weighted by molar-refractivity contribution is 0.106. The van der Waals surface area contributed by atoms with Gasteiger partial charge in [0.25, 0.3) is 5.56 Å². The molecule has 0 aliphatic carbocycles. The van der Waals surface area contributed by atoms with Gasteiger partial charge in [-0.3, -0.25) is 4.79 Å². The molecule has 0 spiro atoms. The molecule has 1 aliphatic rings. The Kier molecular flexibility index (Phi) is 5.35. The van der Waals surface area contributed by atoms with Crippen LogP contribution in [0.3, 0.4) is 0 Å². The predicted octanol–water partition coefficient (Wildman–Crippen LogP) is 3.12. The standard InChI is InChI=1S/C21H20F2N4O3/c22-13-8-9-18(17(23)11-13)27-20(28)16-7-2-1-6-15(16)19(25-27)26-10-4-3-5-14(12-26)30-21(24)29/h1-2,6-9,11,14H,3-5,10,12H2,(H2,24,29)/t14-/m0/s1. The molecule has 4 rings (SSSR count). The van der Waals surface area contributed by atoms with Crippen molar-refractivity contribution in [1.82, 2.24) is 9.78 Å².